The molecule has 0 saturated carbocycles. The van der Waals surface area contributed by atoms with Crippen LogP contribution in [0, 0.1) is 0 Å². The highest BCUT2D eigenvalue weighted by molar-refractivity contribution is 8.15. The van der Waals surface area contributed by atoms with E-state index >= 15 is 0 Å². The summed E-state index contributed by atoms with van der Waals surface area (Å²) in [6, 6.07) is 3.72. The van der Waals surface area contributed by atoms with Crippen LogP contribution in [0.1, 0.15) is 12.5 Å². The number of thioether (sulfide) groups is 1. The van der Waals surface area contributed by atoms with E-state index < -0.39 is 0 Å². The molecule has 1 aliphatic heterocycles. The normalized spacial score (nSPS) is 18.9. The van der Waals surface area contributed by atoms with Gasteiger partial charge >= 0.3 is 0 Å². The fourth-order valence-electron chi connectivity index (χ4n) is 1.15. The third kappa shape index (κ3) is 2.66. The molecule has 1 saturated heterocycles. The van der Waals surface area contributed by atoms with Gasteiger partial charge in [0.05, 0.1) is 11.5 Å². The number of amidine groups is 1. The van der Waals surface area contributed by atoms with E-state index in [4.69, 9.17) is 0 Å². The van der Waals surface area contributed by atoms with Gasteiger partial charge in [-0.3, -0.25) is 9.78 Å². The van der Waals surface area contributed by atoms with Crippen LogP contribution < -0.4 is 5.32 Å². The maximum Gasteiger partial charge on any atom is 0.236 e. The summed E-state index contributed by atoms with van der Waals surface area (Å²) in [5, 5.41) is 11.2. The number of pyridine rings is 1. The van der Waals surface area contributed by atoms with Gasteiger partial charge in [-0.25, -0.2) is 0 Å². The minimum atomic E-state index is -0.0273. The SMILES string of the molecule is C/C(=N\N=C1/NC(=O)CS1)c1ccncc1. The first kappa shape index (κ1) is 10.8. The number of aromatic nitrogens is 1. The predicted octanol–water partition coefficient (Wildman–Crippen LogP) is 1.02. The number of carbonyl (C=O) groups is 1. The molecule has 2 rings (SSSR count). The molecule has 0 bridgehead atoms. The van der Waals surface area contributed by atoms with Crippen molar-refractivity contribution >= 4 is 28.5 Å². The molecule has 16 heavy (non-hydrogen) atoms. The van der Waals surface area contributed by atoms with Gasteiger partial charge < -0.3 is 5.32 Å². The lowest BCUT2D eigenvalue weighted by molar-refractivity contribution is -0.116. The average molecular weight is 234 g/mol. The van der Waals surface area contributed by atoms with Crippen molar-refractivity contribution in [2.24, 2.45) is 10.2 Å². The van der Waals surface area contributed by atoms with Crippen LogP contribution in [-0.4, -0.2) is 27.5 Å². The maximum absolute atomic E-state index is 10.9. The zero-order valence-electron chi connectivity index (χ0n) is 8.67. The number of carbonyl (C=O) groups excluding carboxylic acids is 1. The summed E-state index contributed by atoms with van der Waals surface area (Å²) < 4.78 is 0. The first-order valence-corrected chi connectivity index (χ1v) is 5.69. The quantitative estimate of drug-likeness (QED) is 0.613. The zero-order chi connectivity index (χ0) is 11.4. The molecular formula is C10H10N4OS. The van der Waals surface area contributed by atoms with Crippen LogP contribution in [0.25, 0.3) is 0 Å². The molecule has 1 aromatic heterocycles. The Kier molecular flexibility index (Phi) is 3.31. The molecule has 5 nitrogen and oxygen atoms in total. The number of rotatable bonds is 2. The monoisotopic (exact) mass is 234 g/mol. The van der Waals surface area contributed by atoms with E-state index in [0.29, 0.717) is 10.9 Å². The molecular weight excluding hydrogens is 224 g/mol. The number of nitrogens with one attached hydrogen (secondary N) is 1. The summed E-state index contributed by atoms with van der Waals surface area (Å²) in [6.45, 7) is 1.86. The van der Waals surface area contributed by atoms with E-state index in [2.05, 4.69) is 20.5 Å². The molecule has 0 atom stereocenters. The van der Waals surface area contributed by atoms with Crippen molar-refractivity contribution in [3.63, 3.8) is 0 Å². The Labute approximate surface area is 97.1 Å². The molecule has 1 aliphatic rings. The molecule has 2 heterocycles. The molecule has 1 fully saturated rings. The predicted molar refractivity (Wildman–Crippen MR) is 64.5 cm³/mol. The standard InChI is InChI=1S/C10H10N4OS/c1-7(8-2-4-11-5-3-8)13-14-10-12-9(15)6-16-10/h2-5H,6H2,1H3,(H,12,14,15)/b13-7+. The van der Waals surface area contributed by atoms with Gasteiger partial charge in [-0.05, 0) is 19.1 Å². The van der Waals surface area contributed by atoms with Crippen LogP contribution in [0.5, 0.6) is 0 Å². The third-order valence-electron chi connectivity index (χ3n) is 1.98. The summed E-state index contributed by atoms with van der Waals surface area (Å²) >= 11 is 1.36. The van der Waals surface area contributed by atoms with Gasteiger partial charge in [-0.2, -0.15) is 5.10 Å². The van der Waals surface area contributed by atoms with E-state index in [1.165, 1.54) is 11.8 Å². The summed E-state index contributed by atoms with van der Waals surface area (Å²) in [5.41, 5.74) is 1.75. The number of hydrogen-bond acceptors (Lipinski definition) is 5. The molecule has 82 valence electrons. The third-order valence-corrected chi connectivity index (χ3v) is 2.84. The molecule has 0 spiro atoms. The molecule has 1 amide bonds. The Morgan fingerprint density at radius 3 is 2.88 bits per heavy atom. The minimum Gasteiger partial charge on any atom is -0.303 e. The Morgan fingerprint density at radius 2 is 2.25 bits per heavy atom. The summed E-state index contributed by atoms with van der Waals surface area (Å²) in [5.74, 6) is 0.392. The van der Waals surface area contributed by atoms with Crippen LogP contribution in [0.15, 0.2) is 34.7 Å². The first-order valence-electron chi connectivity index (χ1n) is 4.71. The van der Waals surface area contributed by atoms with Crippen molar-refractivity contribution in [3.8, 4) is 0 Å². The van der Waals surface area contributed by atoms with Gasteiger partial charge in [-0.15, -0.1) is 5.10 Å². The van der Waals surface area contributed by atoms with Gasteiger partial charge in [0.25, 0.3) is 0 Å². The van der Waals surface area contributed by atoms with Gasteiger partial charge in [-0.1, -0.05) is 11.8 Å². The van der Waals surface area contributed by atoms with Crippen LogP contribution in [0.3, 0.4) is 0 Å². The summed E-state index contributed by atoms with van der Waals surface area (Å²) in [4.78, 5) is 14.8. The van der Waals surface area contributed by atoms with Gasteiger partial charge in [0.1, 0.15) is 0 Å². The first-order chi connectivity index (χ1) is 7.75. The second-order valence-corrected chi connectivity index (χ2v) is 4.13. The minimum absolute atomic E-state index is 0.0273. The van der Waals surface area contributed by atoms with E-state index in [9.17, 15) is 4.79 Å². The highest BCUT2D eigenvalue weighted by atomic mass is 32.2. The summed E-state index contributed by atoms with van der Waals surface area (Å²) in [6.07, 6.45) is 3.40. The molecule has 6 heteroatoms. The van der Waals surface area contributed by atoms with E-state index in [1.807, 2.05) is 19.1 Å². The van der Waals surface area contributed by atoms with Crippen molar-refractivity contribution < 1.29 is 4.79 Å². The zero-order valence-corrected chi connectivity index (χ0v) is 9.49. The molecule has 1 aromatic rings. The Bertz CT molecular complexity index is 455. The Hall–Kier alpha value is -1.69. The van der Waals surface area contributed by atoms with Crippen LogP contribution in [0.4, 0.5) is 0 Å². The smallest absolute Gasteiger partial charge is 0.236 e. The van der Waals surface area contributed by atoms with Crippen LogP contribution >= 0.6 is 11.8 Å². The lowest BCUT2D eigenvalue weighted by Crippen LogP contribution is -2.19. The molecule has 0 aromatic carbocycles. The highest BCUT2D eigenvalue weighted by Gasteiger charge is 2.16. The van der Waals surface area contributed by atoms with Crippen LogP contribution in [-0.2, 0) is 4.79 Å². The van der Waals surface area contributed by atoms with Crippen molar-refractivity contribution in [2.75, 3.05) is 5.75 Å². The van der Waals surface area contributed by atoms with E-state index in [0.717, 1.165) is 11.3 Å². The molecule has 0 radical (unpaired) electrons. The maximum atomic E-state index is 10.9. The van der Waals surface area contributed by atoms with Crippen molar-refractivity contribution in [3.05, 3.63) is 30.1 Å². The summed E-state index contributed by atoms with van der Waals surface area (Å²) in [7, 11) is 0. The average Bonchev–Trinajstić information content (AvgIpc) is 2.73. The fourth-order valence-corrected chi connectivity index (χ4v) is 1.78. The lowest BCUT2D eigenvalue weighted by Gasteiger charge is -1.97. The largest absolute Gasteiger partial charge is 0.303 e. The molecule has 1 N–H and O–H groups in total. The Balaban J connectivity index is 2.11. The lowest BCUT2D eigenvalue weighted by atomic mass is 10.2. The number of nitrogens with zero attached hydrogens (tertiary/aromatic N) is 3. The van der Waals surface area contributed by atoms with E-state index in [-0.39, 0.29) is 5.91 Å². The van der Waals surface area contributed by atoms with Gasteiger partial charge in [0, 0.05) is 18.0 Å². The second-order valence-electron chi connectivity index (χ2n) is 3.16. The van der Waals surface area contributed by atoms with Crippen LogP contribution in [0.2, 0.25) is 0 Å². The van der Waals surface area contributed by atoms with Gasteiger partial charge in [0.2, 0.25) is 5.91 Å². The number of hydrogen-bond donors (Lipinski definition) is 1. The van der Waals surface area contributed by atoms with Gasteiger partial charge in [0.15, 0.2) is 5.17 Å². The van der Waals surface area contributed by atoms with Crippen molar-refractivity contribution in [1.82, 2.24) is 10.3 Å². The van der Waals surface area contributed by atoms with E-state index in [1.54, 1.807) is 12.4 Å². The Morgan fingerprint density at radius 1 is 1.50 bits per heavy atom. The number of amides is 1. The highest BCUT2D eigenvalue weighted by Crippen LogP contribution is 2.09. The molecule has 0 unspecified atom stereocenters. The van der Waals surface area contributed by atoms with Crippen molar-refractivity contribution in [2.45, 2.75) is 6.92 Å². The van der Waals surface area contributed by atoms with Crippen molar-refractivity contribution in [1.29, 1.82) is 0 Å². The topological polar surface area (TPSA) is 66.7 Å². The fraction of sp³-hybridized carbons (Fsp3) is 0.200. The second kappa shape index (κ2) is 4.89. The molecule has 0 aliphatic carbocycles.